The Hall–Kier alpha value is -2.72. The van der Waals surface area contributed by atoms with Crippen molar-refractivity contribution in [2.24, 2.45) is 0 Å². The lowest BCUT2D eigenvalue weighted by Crippen LogP contribution is -2.19. The van der Waals surface area contributed by atoms with Crippen LogP contribution >= 0.6 is 23.4 Å². The molecule has 3 rings (SSSR count). The Morgan fingerprint density at radius 2 is 1.90 bits per heavy atom. The third kappa shape index (κ3) is 5.01. The van der Waals surface area contributed by atoms with Crippen LogP contribution in [0.1, 0.15) is 11.1 Å². The molecule has 3 N–H and O–H groups in total. The van der Waals surface area contributed by atoms with Crippen LogP contribution in [0, 0.1) is 6.92 Å². The summed E-state index contributed by atoms with van der Waals surface area (Å²) in [5, 5.41) is 10.4. The number of alkyl halides is 3. The van der Waals surface area contributed by atoms with Gasteiger partial charge in [0, 0.05) is 10.6 Å². The van der Waals surface area contributed by atoms with Gasteiger partial charge in [0.15, 0.2) is 5.82 Å². The van der Waals surface area contributed by atoms with Crippen molar-refractivity contribution in [1.82, 2.24) is 14.9 Å². The van der Waals surface area contributed by atoms with E-state index in [9.17, 15) is 18.0 Å². The molecule has 0 saturated heterocycles. The van der Waals surface area contributed by atoms with Gasteiger partial charge >= 0.3 is 6.18 Å². The summed E-state index contributed by atoms with van der Waals surface area (Å²) >= 11 is 6.59. The molecule has 3 aromatic rings. The van der Waals surface area contributed by atoms with Crippen LogP contribution in [0.25, 0.3) is 11.4 Å². The number of nitrogens with zero attached hydrogens (tertiary/aromatic N) is 3. The molecule has 6 nitrogen and oxygen atoms in total. The Morgan fingerprint density at radius 1 is 1.21 bits per heavy atom. The Kier molecular flexibility index (Phi) is 6.04. The van der Waals surface area contributed by atoms with Crippen molar-refractivity contribution >= 4 is 35.0 Å². The summed E-state index contributed by atoms with van der Waals surface area (Å²) in [4.78, 5) is 12.1. The van der Waals surface area contributed by atoms with Gasteiger partial charge in [0.2, 0.25) is 11.1 Å². The Balaban J connectivity index is 1.69. The maximum Gasteiger partial charge on any atom is 0.418 e. The number of aromatic nitrogens is 3. The van der Waals surface area contributed by atoms with Crippen LogP contribution in [0.5, 0.6) is 0 Å². The second-order valence-electron chi connectivity index (χ2n) is 6.07. The highest BCUT2D eigenvalue weighted by atomic mass is 35.5. The molecule has 152 valence electrons. The van der Waals surface area contributed by atoms with E-state index < -0.39 is 17.6 Å². The number of nitrogens with two attached hydrogens (primary N) is 1. The Bertz CT molecular complexity index is 1040. The highest BCUT2D eigenvalue weighted by Gasteiger charge is 2.34. The molecular weight excluding hydrogens is 427 g/mol. The molecule has 0 saturated carbocycles. The quantitative estimate of drug-likeness (QED) is 0.453. The number of carbonyl (C=O) groups is 1. The first-order valence-corrected chi connectivity index (χ1v) is 9.58. The van der Waals surface area contributed by atoms with Gasteiger partial charge in [-0.25, -0.2) is 4.68 Å². The summed E-state index contributed by atoms with van der Waals surface area (Å²) in [5.74, 6) is 5.54. The molecule has 1 aromatic heterocycles. The second kappa shape index (κ2) is 8.34. The van der Waals surface area contributed by atoms with E-state index in [1.807, 2.05) is 31.2 Å². The minimum absolute atomic E-state index is 0.0791. The maximum absolute atomic E-state index is 13.1. The molecule has 0 atom stereocenters. The number of rotatable bonds is 5. The van der Waals surface area contributed by atoms with Gasteiger partial charge < -0.3 is 11.2 Å². The zero-order valence-corrected chi connectivity index (χ0v) is 16.6. The van der Waals surface area contributed by atoms with Crippen molar-refractivity contribution in [1.29, 1.82) is 0 Å². The predicted molar refractivity (Wildman–Crippen MR) is 106 cm³/mol. The number of thioether (sulfide) groups is 1. The number of carbonyl (C=O) groups excluding carboxylic acids is 1. The predicted octanol–water partition coefficient (Wildman–Crippen LogP) is 4.37. The lowest BCUT2D eigenvalue weighted by atomic mass is 10.1. The van der Waals surface area contributed by atoms with Gasteiger partial charge in [0.05, 0.1) is 17.0 Å². The van der Waals surface area contributed by atoms with Crippen LogP contribution in [-0.4, -0.2) is 26.5 Å². The van der Waals surface area contributed by atoms with E-state index in [0.29, 0.717) is 5.82 Å². The van der Waals surface area contributed by atoms with Crippen LogP contribution in [0.2, 0.25) is 5.02 Å². The fraction of sp³-hybridized carbons (Fsp3) is 0.167. The molecule has 29 heavy (non-hydrogen) atoms. The normalized spacial score (nSPS) is 11.5. The van der Waals surface area contributed by atoms with E-state index >= 15 is 0 Å². The van der Waals surface area contributed by atoms with Gasteiger partial charge in [-0.3, -0.25) is 4.79 Å². The SMILES string of the molecule is Cc1ccc(-c2nnc(SCC(=O)Nc3ccc(Cl)cc3C(F)(F)F)n2N)cc1. The fourth-order valence-electron chi connectivity index (χ4n) is 2.45. The number of amides is 1. The number of hydrogen-bond donors (Lipinski definition) is 2. The Morgan fingerprint density at radius 3 is 2.55 bits per heavy atom. The van der Waals surface area contributed by atoms with Crippen molar-refractivity contribution < 1.29 is 18.0 Å². The first-order valence-electron chi connectivity index (χ1n) is 8.22. The van der Waals surface area contributed by atoms with Crippen molar-refractivity contribution in [2.45, 2.75) is 18.3 Å². The summed E-state index contributed by atoms with van der Waals surface area (Å²) in [6.07, 6.45) is -4.65. The lowest BCUT2D eigenvalue weighted by molar-refractivity contribution is -0.137. The summed E-state index contributed by atoms with van der Waals surface area (Å²) < 4.78 is 40.6. The minimum Gasteiger partial charge on any atom is -0.335 e. The molecule has 0 aliphatic carbocycles. The lowest BCUT2D eigenvalue weighted by Gasteiger charge is -2.14. The van der Waals surface area contributed by atoms with Crippen molar-refractivity contribution in [3.8, 4) is 11.4 Å². The standard InChI is InChI=1S/C18H15ClF3N5OS/c1-10-2-4-11(5-3-10)16-25-26-17(27(16)23)29-9-15(28)24-14-7-6-12(19)8-13(14)18(20,21)22/h2-8H,9,23H2,1H3,(H,24,28). The second-order valence-corrected chi connectivity index (χ2v) is 7.45. The van der Waals surface area contributed by atoms with Crippen molar-refractivity contribution in [3.05, 3.63) is 58.6 Å². The number of benzene rings is 2. The molecular formula is C18H15ClF3N5OS. The van der Waals surface area contributed by atoms with E-state index in [1.54, 1.807) is 0 Å². The van der Waals surface area contributed by atoms with Crippen LogP contribution in [0.3, 0.4) is 0 Å². The first-order chi connectivity index (χ1) is 13.6. The van der Waals surface area contributed by atoms with Crippen LogP contribution in [0.15, 0.2) is 47.6 Å². The average molecular weight is 442 g/mol. The highest BCUT2D eigenvalue weighted by molar-refractivity contribution is 7.99. The van der Waals surface area contributed by atoms with E-state index in [1.165, 1.54) is 10.7 Å². The maximum atomic E-state index is 13.1. The number of nitrogen functional groups attached to an aromatic ring is 1. The summed E-state index contributed by atoms with van der Waals surface area (Å²) in [7, 11) is 0. The van der Waals surface area contributed by atoms with Crippen LogP contribution < -0.4 is 11.2 Å². The van der Waals surface area contributed by atoms with Gasteiger partial charge in [0.1, 0.15) is 0 Å². The van der Waals surface area contributed by atoms with E-state index in [0.717, 1.165) is 35.0 Å². The largest absolute Gasteiger partial charge is 0.418 e. The molecule has 0 aliphatic rings. The zero-order chi connectivity index (χ0) is 21.2. The number of halogens is 4. The number of nitrogens with one attached hydrogen (secondary N) is 1. The number of aryl methyl sites for hydroxylation is 1. The molecule has 1 heterocycles. The van der Waals surface area contributed by atoms with E-state index in [4.69, 9.17) is 17.4 Å². The topological polar surface area (TPSA) is 85.8 Å². The zero-order valence-electron chi connectivity index (χ0n) is 15.0. The minimum atomic E-state index is -4.65. The van der Waals surface area contributed by atoms with Crippen LogP contribution in [-0.2, 0) is 11.0 Å². The molecule has 1 amide bonds. The molecule has 2 aromatic carbocycles. The third-order valence-corrected chi connectivity index (χ3v) is 5.05. The number of hydrogen-bond acceptors (Lipinski definition) is 5. The Labute approximate surface area is 173 Å². The van der Waals surface area contributed by atoms with E-state index in [2.05, 4.69) is 15.5 Å². The monoisotopic (exact) mass is 441 g/mol. The summed E-state index contributed by atoms with van der Waals surface area (Å²) in [6.45, 7) is 1.95. The molecule has 0 fully saturated rings. The molecule has 0 bridgehead atoms. The molecule has 0 aliphatic heterocycles. The third-order valence-electron chi connectivity index (χ3n) is 3.87. The van der Waals surface area contributed by atoms with Crippen molar-refractivity contribution in [3.63, 3.8) is 0 Å². The first kappa shape index (κ1) is 21.0. The van der Waals surface area contributed by atoms with Gasteiger partial charge in [-0.2, -0.15) is 13.2 Å². The summed E-state index contributed by atoms with van der Waals surface area (Å²) in [6, 6.07) is 10.6. The highest BCUT2D eigenvalue weighted by Crippen LogP contribution is 2.36. The average Bonchev–Trinajstić information content (AvgIpc) is 3.02. The summed E-state index contributed by atoms with van der Waals surface area (Å²) in [5.41, 5.74) is 0.426. The van der Waals surface area contributed by atoms with Gasteiger partial charge in [-0.1, -0.05) is 53.2 Å². The molecule has 0 spiro atoms. The molecule has 0 radical (unpaired) electrons. The van der Waals surface area contributed by atoms with Crippen LogP contribution in [0.4, 0.5) is 18.9 Å². The van der Waals surface area contributed by atoms with Gasteiger partial charge in [-0.05, 0) is 25.1 Å². The number of anilines is 1. The van der Waals surface area contributed by atoms with Crippen molar-refractivity contribution in [2.75, 3.05) is 16.9 Å². The smallest absolute Gasteiger partial charge is 0.335 e. The molecule has 0 unspecified atom stereocenters. The molecule has 11 heteroatoms. The van der Waals surface area contributed by atoms with Gasteiger partial charge in [-0.15, -0.1) is 10.2 Å². The van der Waals surface area contributed by atoms with Gasteiger partial charge in [0.25, 0.3) is 0 Å². The fourth-order valence-corrected chi connectivity index (χ4v) is 3.28. The van der Waals surface area contributed by atoms with E-state index in [-0.39, 0.29) is 21.6 Å².